The Morgan fingerprint density at radius 3 is 3.13 bits per heavy atom. The number of thiophene rings is 1. The highest BCUT2D eigenvalue weighted by molar-refractivity contribution is 7.10. The lowest BCUT2D eigenvalue weighted by atomic mass is 10.00. The van der Waals surface area contributed by atoms with E-state index in [1.165, 1.54) is 17.7 Å². The van der Waals surface area contributed by atoms with Gasteiger partial charge in [0.05, 0.1) is 6.61 Å². The van der Waals surface area contributed by atoms with Crippen molar-refractivity contribution in [3.8, 4) is 0 Å². The summed E-state index contributed by atoms with van der Waals surface area (Å²) in [5, 5.41) is 5.59. The zero-order valence-electron chi connectivity index (χ0n) is 9.08. The van der Waals surface area contributed by atoms with E-state index in [2.05, 4.69) is 10.7 Å². The van der Waals surface area contributed by atoms with Gasteiger partial charge in [0.15, 0.2) is 0 Å². The number of rotatable bonds is 3. The van der Waals surface area contributed by atoms with E-state index >= 15 is 0 Å². The minimum absolute atomic E-state index is 0.302. The minimum atomic E-state index is 0.302. The third-order valence-corrected chi connectivity index (χ3v) is 4.46. The van der Waals surface area contributed by atoms with E-state index in [1.54, 1.807) is 11.1 Å². The van der Waals surface area contributed by atoms with E-state index in [1.807, 2.05) is 18.4 Å². The van der Waals surface area contributed by atoms with Gasteiger partial charge in [0, 0.05) is 11.4 Å². The second kappa shape index (κ2) is 3.89. The minimum Gasteiger partial charge on any atom is -0.371 e. The van der Waals surface area contributed by atoms with Crippen LogP contribution in [0.15, 0.2) is 5.38 Å². The van der Waals surface area contributed by atoms with Crippen LogP contribution in [0.1, 0.15) is 40.9 Å². The highest BCUT2D eigenvalue weighted by atomic mass is 32.1. The molecule has 0 spiro atoms. The second-order valence-electron chi connectivity index (χ2n) is 4.48. The summed E-state index contributed by atoms with van der Waals surface area (Å²) >= 11 is 1.90. The molecule has 1 aliphatic carbocycles. The molecule has 82 valence electrons. The van der Waals surface area contributed by atoms with E-state index in [0.717, 1.165) is 25.5 Å². The lowest BCUT2D eigenvalue weighted by molar-refractivity contribution is 0.0466. The van der Waals surface area contributed by atoms with E-state index < -0.39 is 0 Å². The fourth-order valence-corrected chi connectivity index (χ4v) is 3.66. The van der Waals surface area contributed by atoms with Gasteiger partial charge in [-0.2, -0.15) is 0 Å². The molecule has 1 unspecified atom stereocenters. The molecule has 1 atom stereocenters. The molecule has 0 saturated heterocycles. The molecule has 15 heavy (non-hydrogen) atoms. The van der Waals surface area contributed by atoms with Gasteiger partial charge in [0.1, 0.15) is 6.10 Å². The summed E-state index contributed by atoms with van der Waals surface area (Å²) in [5.41, 5.74) is 3.26. The van der Waals surface area contributed by atoms with Gasteiger partial charge in [-0.15, -0.1) is 11.3 Å². The van der Waals surface area contributed by atoms with Gasteiger partial charge in [-0.05, 0) is 48.7 Å². The maximum atomic E-state index is 5.81. The monoisotopic (exact) mass is 223 g/mol. The number of nitrogens with one attached hydrogen (secondary N) is 1. The average Bonchev–Trinajstić information content (AvgIpc) is 3.00. The van der Waals surface area contributed by atoms with Crippen molar-refractivity contribution in [3.05, 3.63) is 21.4 Å². The fourth-order valence-electron chi connectivity index (χ4n) is 2.40. The van der Waals surface area contributed by atoms with Crippen molar-refractivity contribution in [2.45, 2.75) is 31.3 Å². The summed E-state index contributed by atoms with van der Waals surface area (Å²) in [4.78, 5) is 1.48. The van der Waals surface area contributed by atoms with Crippen molar-refractivity contribution in [2.24, 2.45) is 0 Å². The van der Waals surface area contributed by atoms with Crippen molar-refractivity contribution < 1.29 is 4.74 Å². The number of likely N-dealkylation sites (N-methyl/N-ethyl adjacent to an activating group) is 1. The predicted molar refractivity (Wildman–Crippen MR) is 62.6 cm³/mol. The molecule has 1 saturated carbocycles. The third-order valence-electron chi connectivity index (χ3n) is 3.33. The highest BCUT2D eigenvalue weighted by Crippen LogP contribution is 2.46. The maximum Gasteiger partial charge on any atom is 0.104 e. The van der Waals surface area contributed by atoms with Gasteiger partial charge in [0.2, 0.25) is 0 Å². The van der Waals surface area contributed by atoms with Crippen molar-refractivity contribution in [2.75, 3.05) is 20.2 Å². The Kier molecular flexibility index (Phi) is 2.54. The van der Waals surface area contributed by atoms with Crippen LogP contribution >= 0.6 is 11.3 Å². The summed E-state index contributed by atoms with van der Waals surface area (Å²) in [6, 6.07) is 0. The van der Waals surface area contributed by atoms with Gasteiger partial charge in [-0.3, -0.25) is 0 Å². The van der Waals surface area contributed by atoms with Gasteiger partial charge in [0.25, 0.3) is 0 Å². The third kappa shape index (κ3) is 1.73. The van der Waals surface area contributed by atoms with E-state index in [4.69, 9.17) is 4.74 Å². The van der Waals surface area contributed by atoms with Crippen LogP contribution in [0.4, 0.5) is 0 Å². The molecule has 3 heteroatoms. The van der Waals surface area contributed by atoms with Crippen LogP contribution in [0, 0.1) is 0 Å². The Morgan fingerprint density at radius 2 is 2.40 bits per heavy atom. The quantitative estimate of drug-likeness (QED) is 0.850. The van der Waals surface area contributed by atoms with Crippen LogP contribution in [0.2, 0.25) is 0 Å². The molecule has 0 aromatic carbocycles. The molecule has 2 aliphatic rings. The molecule has 0 bridgehead atoms. The number of fused-ring (bicyclic) bond motifs is 1. The molecule has 0 radical (unpaired) electrons. The first-order valence-corrected chi connectivity index (χ1v) is 6.64. The Hall–Kier alpha value is -0.380. The van der Waals surface area contributed by atoms with Gasteiger partial charge in [-0.1, -0.05) is 0 Å². The first-order valence-electron chi connectivity index (χ1n) is 5.76. The summed E-state index contributed by atoms with van der Waals surface area (Å²) < 4.78 is 5.81. The SMILES string of the molecule is CNCC1OCCc2c(C3CC3)csc21. The zero-order valence-corrected chi connectivity index (χ0v) is 9.90. The van der Waals surface area contributed by atoms with Gasteiger partial charge >= 0.3 is 0 Å². The molecule has 1 aromatic heterocycles. The summed E-state index contributed by atoms with van der Waals surface area (Å²) in [7, 11) is 1.99. The van der Waals surface area contributed by atoms with Crippen molar-refractivity contribution in [3.63, 3.8) is 0 Å². The van der Waals surface area contributed by atoms with Crippen LogP contribution < -0.4 is 5.32 Å². The van der Waals surface area contributed by atoms with E-state index in [-0.39, 0.29) is 0 Å². The highest BCUT2D eigenvalue weighted by Gasteiger charge is 2.31. The molecule has 0 amide bonds. The number of ether oxygens (including phenoxy) is 1. The Morgan fingerprint density at radius 1 is 1.53 bits per heavy atom. The van der Waals surface area contributed by atoms with Crippen LogP contribution in [-0.2, 0) is 11.2 Å². The largest absolute Gasteiger partial charge is 0.371 e. The first-order chi connectivity index (χ1) is 7.40. The summed E-state index contributed by atoms with van der Waals surface area (Å²) in [5.74, 6) is 0.887. The average molecular weight is 223 g/mol. The topological polar surface area (TPSA) is 21.3 Å². The second-order valence-corrected chi connectivity index (χ2v) is 5.39. The Labute approximate surface area is 94.6 Å². The standard InChI is InChI=1S/C12H17NOS/c1-13-6-11-12-9(4-5-14-11)10(7-15-12)8-2-3-8/h7-8,11,13H,2-6H2,1H3. The van der Waals surface area contributed by atoms with E-state index in [9.17, 15) is 0 Å². The Balaban J connectivity index is 1.91. The molecule has 1 aromatic rings. The molecule has 1 fully saturated rings. The fraction of sp³-hybridized carbons (Fsp3) is 0.667. The van der Waals surface area contributed by atoms with Crippen LogP contribution in [0.5, 0.6) is 0 Å². The lowest BCUT2D eigenvalue weighted by Gasteiger charge is -2.23. The Bertz CT molecular complexity index is 357. The normalized spacial score (nSPS) is 25.3. The molecular weight excluding hydrogens is 206 g/mol. The molecular formula is C12H17NOS. The lowest BCUT2D eigenvalue weighted by Crippen LogP contribution is -2.24. The molecule has 2 heterocycles. The van der Waals surface area contributed by atoms with Crippen LogP contribution in [-0.4, -0.2) is 20.2 Å². The maximum absolute atomic E-state index is 5.81. The molecule has 1 aliphatic heterocycles. The molecule has 1 N–H and O–H groups in total. The molecule has 3 rings (SSSR count). The number of hydrogen-bond acceptors (Lipinski definition) is 3. The first kappa shape index (κ1) is 9.82. The summed E-state index contributed by atoms with van der Waals surface area (Å²) in [6.07, 6.45) is 4.24. The van der Waals surface area contributed by atoms with Crippen LogP contribution in [0.3, 0.4) is 0 Å². The molecule has 2 nitrogen and oxygen atoms in total. The number of hydrogen-bond donors (Lipinski definition) is 1. The van der Waals surface area contributed by atoms with Crippen LogP contribution in [0.25, 0.3) is 0 Å². The van der Waals surface area contributed by atoms with Crippen molar-refractivity contribution >= 4 is 11.3 Å². The van der Waals surface area contributed by atoms with Crippen molar-refractivity contribution in [1.82, 2.24) is 5.32 Å². The zero-order chi connectivity index (χ0) is 10.3. The van der Waals surface area contributed by atoms with Crippen molar-refractivity contribution in [1.29, 1.82) is 0 Å². The smallest absolute Gasteiger partial charge is 0.104 e. The van der Waals surface area contributed by atoms with Gasteiger partial charge in [-0.25, -0.2) is 0 Å². The van der Waals surface area contributed by atoms with Gasteiger partial charge < -0.3 is 10.1 Å². The summed E-state index contributed by atoms with van der Waals surface area (Å²) in [6.45, 7) is 1.84. The predicted octanol–water partition coefficient (Wildman–Crippen LogP) is 2.46. The van der Waals surface area contributed by atoms with E-state index in [0.29, 0.717) is 6.10 Å².